The summed E-state index contributed by atoms with van der Waals surface area (Å²) in [6, 6.07) is 12.0. The molecule has 0 unspecified atom stereocenters. The first kappa shape index (κ1) is 19.2. The molecule has 0 aliphatic carbocycles. The molecule has 0 atom stereocenters. The van der Waals surface area contributed by atoms with Gasteiger partial charge in [-0.05, 0) is 37.1 Å². The molecule has 30 heavy (non-hydrogen) atoms. The van der Waals surface area contributed by atoms with Gasteiger partial charge >= 0.3 is 0 Å². The number of benzene rings is 1. The van der Waals surface area contributed by atoms with Crippen molar-refractivity contribution in [2.24, 2.45) is 0 Å². The molecule has 1 amide bonds. The fraction of sp³-hybridized carbons (Fsp3) is 0.286. The second-order valence-corrected chi connectivity index (χ2v) is 9.17. The first-order valence-corrected chi connectivity index (χ1v) is 11.7. The number of nitrogens with zero attached hydrogens (tertiary/aromatic N) is 5. The van der Waals surface area contributed by atoms with Gasteiger partial charge in [-0.3, -0.25) is 14.9 Å². The molecule has 0 saturated carbocycles. The van der Waals surface area contributed by atoms with Crippen LogP contribution in [0.2, 0.25) is 0 Å². The number of piperidine rings is 1. The number of carbonyl (C=O) groups excluding carboxylic acids is 1. The lowest BCUT2D eigenvalue weighted by molar-refractivity contribution is -0.129. The molecule has 4 heterocycles. The highest BCUT2D eigenvalue weighted by Crippen LogP contribution is 2.34. The predicted molar refractivity (Wildman–Crippen MR) is 119 cm³/mol. The summed E-state index contributed by atoms with van der Waals surface area (Å²) < 4.78 is 1.24. The molecule has 9 heteroatoms. The number of pyridine rings is 1. The van der Waals surface area contributed by atoms with Gasteiger partial charge in [0.2, 0.25) is 11.1 Å². The van der Waals surface area contributed by atoms with Gasteiger partial charge in [0.1, 0.15) is 0 Å². The smallest absolute Gasteiger partial charge is 0.233 e. The molecule has 0 bridgehead atoms. The number of H-pyrrole nitrogens is 1. The first-order chi connectivity index (χ1) is 14.8. The van der Waals surface area contributed by atoms with E-state index in [1.165, 1.54) is 21.5 Å². The van der Waals surface area contributed by atoms with Crippen LogP contribution in [0.15, 0.2) is 53.9 Å². The van der Waals surface area contributed by atoms with Crippen molar-refractivity contribution in [1.29, 1.82) is 0 Å². The van der Waals surface area contributed by atoms with Gasteiger partial charge in [0, 0.05) is 37.0 Å². The molecule has 3 aromatic heterocycles. The van der Waals surface area contributed by atoms with Gasteiger partial charge < -0.3 is 4.90 Å². The zero-order chi connectivity index (χ0) is 20.3. The number of thioether (sulfide) groups is 1. The number of carbonyl (C=O) groups is 1. The van der Waals surface area contributed by atoms with Gasteiger partial charge in [-0.25, -0.2) is 9.97 Å². The molecule has 152 valence electrons. The number of amides is 1. The van der Waals surface area contributed by atoms with E-state index in [9.17, 15) is 4.79 Å². The van der Waals surface area contributed by atoms with Crippen LogP contribution < -0.4 is 0 Å². The van der Waals surface area contributed by atoms with E-state index in [4.69, 9.17) is 4.98 Å². The summed E-state index contributed by atoms with van der Waals surface area (Å²) in [6.45, 7) is 1.55. The van der Waals surface area contributed by atoms with Crippen molar-refractivity contribution >= 4 is 39.2 Å². The lowest BCUT2D eigenvalue weighted by atomic mass is 9.97. The quantitative estimate of drug-likeness (QED) is 0.476. The van der Waals surface area contributed by atoms with Crippen molar-refractivity contribution in [3.05, 3.63) is 53.8 Å². The van der Waals surface area contributed by atoms with E-state index < -0.39 is 0 Å². The number of likely N-dealkylation sites (tertiary alicyclic amines) is 1. The standard InChI is InChI=1S/C21H20N6OS2/c28-18(13-29-21-24-19(25-26-21)14-5-9-22-10-6-14)27-11-7-15(8-12-27)20-23-16-3-1-2-4-17(16)30-20/h1-6,9-10,15H,7-8,11-13H2,(H,24,25,26). The Labute approximate surface area is 182 Å². The minimum atomic E-state index is 0.137. The van der Waals surface area contributed by atoms with Gasteiger partial charge in [-0.1, -0.05) is 23.9 Å². The van der Waals surface area contributed by atoms with E-state index in [1.54, 1.807) is 23.7 Å². The lowest BCUT2D eigenvalue weighted by Gasteiger charge is -2.31. The molecule has 1 fully saturated rings. The molecule has 7 nitrogen and oxygen atoms in total. The molecular weight excluding hydrogens is 416 g/mol. The summed E-state index contributed by atoms with van der Waals surface area (Å²) in [4.78, 5) is 27.9. The van der Waals surface area contributed by atoms with Gasteiger partial charge in [0.15, 0.2) is 5.82 Å². The van der Waals surface area contributed by atoms with E-state index in [0.29, 0.717) is 22.7 Å². The number of thiazole rings is 1. The number of para-hydroxylation sites is 1. The van der Waals surface area contributed by atoms with Crippen molar-refractivity contribution in [3.63, 3.8) is 0 Å². The molecule has 1 saturated heterocycles. The van der Waals surface area contributed by atoms with Gasteiger partial charge in [0.25, 0.3) is 0 Å². The zero-order valence-corrected chi connectivity index (χ0v) is 17.8. The number of nitrogens with one attached hydrogen (secondary N) is 1. The van der Waals surface area contributed by atoms with E-state index in [-0.39, 0.29) is 5.91 Å². The number of aromatic amines is 1. The Hall–Kier alpha value is -2.78. The largest absolute Gasteiger partial charge is 0.342 e. The highest BCUT2D eigenvalue weighted by molar-refractivity contribution is 7.99. The van der Waals surface area contributed by atoms with Crippen LogP contribution in [0.4, 0.5) is 0 Å². The third-order valence-electron chi connectivity index (χ3n) is 5.25. The Balaban J connectivity index is 1.14. The van der Waals surface area contributed by atoms with E-state index in [2.05, 4.69) is 38.4 Å². The fourth-order valence-electron chi connectivity index (χ4n) is 3.61. The molecular formula is C21H20N6OS2. The van der Waals surface area contributed by atoms with Crippen LogP contribution in [0.25, 0.3) is 21.6 Å². The summed E-state index contributed by atoms with van der Waals surface area (Å²) >= 11 is 3.15. The normalized spacial score (nSPS) is 15.0. The number of aromatic nitrogens is 5. The molecule has 4 aromatic rings. The number of hydrogen-bond acceptors (Lipinski definition) is 7. The highest BCUT2D eigenvalue weighted by atomic mass is 32.2. The maximum atomic E-state index is 12.7. The Morgan fingerprint density at radius 3 is 2.73 bits per heavy atom. The third kappa shape index (κ3) is 4.08. The molecule has 1 aliphatic heterocycles. The van der Waals surface area contributed by atoms with E-state index in [0.717, 1.165) is 37.0 Å². The van der Waals surface area contributed by atoms with Crippen LogP contribution in [0.5, 0.6) is 0 Å². The summed E-state index contributed by atoms with van der Waals surface area (Å²) in [6.07, 6.45) is 5.35. The van der Waals surface area contributed by atoms with Crippen molar-refractivity contribution < 1.29 is 4.79 Å². The number of rotatable bonds is 5. The topological polar surface area (TPSA) is 87.7 Å². The fourth-order valence-corrected chi connectivity index (χ4v) is 5.45. The molecule has 0 radical (unpaired) electrons. The lowest BCUT2D eigenvalue weighted by Crippen LogP contribution is -2.38. The van der Waals surface area contributed by atoms with Crippen LogP contribution in [0, 0.1) is 0 Å². The summed E-state index contributed by atoms with van der Waals surface area (Å²) in [7, 11) is 0. The number of hydrogen-bond donors (Lipinski definition) is 1. The van der Waals surface area contributed by atoms with Crippen LogP contribution in [0.1, 0.15) is 23.8 Å². The molecule has 1 aromatic carbocycles. The second kappa shape index (κ2) is 8.53. The number of fused-ring (bicyclic) bond motifs is 1. The predicted octanol–water partition coefficient (Wildman–Crippen LogP) is 3.97. The Morgan fingerprint density at radius 2 is 1.93 bits per heavy atom. The van der Waals surface area contributed by atoms with Crippen LogP contribution in [-0.2, 0) is 4.79 Å². The Morgan fingerprint density at radius 1 is 1.13 bits per heavy atom. The minimum absolute atomic E-state index is 0.137. The molecule has 1 aliphatic rings. The zero-order valence-electron chi connectivity index (χ0n) is 16.2. The molecule has 1 N–H and O–H groups in total. The van der Waals surface area contributed by atoms with Crippen LogP contribution >= 0.6 is 23.1 Å². The minimum Gasteiger partial charge on any atom is -0.342 e. The van der Waals surface area contributed by atoms with Gasteiger partial charge in [-0.15, -0.1) is 16.4 Å². The van der Waals surface area contributed by atoms with Gasteiger partial charge in [0.05, 0.1) is 21.0 Å². The summed E-state index contributed by atoms with van der Waals surface area (Å²) in [5.41, 5.74) is 2.00. The van der Waals surface area contributed by atoms with Crippen molar-refractivity contribution in [2.45, 2.75) is 23.9 Å². The SMILES string of the molecule is O=C(CSc1n[nH]c(-c2ccncc2)n1)N1CCC(c2nc3ccccc3s2)CC1. The maximum absolute atomic E-state index is 12.7. The molecule has 0 spiro atoms. The van der Waals surface area contributed by atoms with Crippen molar-refractivity contribution in [1.82, 2.24) is 30.0 Å². The van der Waals surface area contributed by atoms with Crippen molar-refractivity contribution in [3.8, 4) is 11.4 Å². The summed E-state index contributed by atoms with van der Waals surface area (Å²) in [5, 5.41) is 8.91. The Kier molecular flexibility index (Phi) is 5.46. The highest BCUT2D eigenvalue weighted by Gasteiger charge is 2.26. The first-order valence-electron chi connectivity index (χ1n) is 9.85. The average Bonchev–Trinajstić information content (AvgIpc) is 3.45. The monoisotopic (exact) mass is 436 g/mol. The summed E-state index contributed by atoms with van der Waals surface area (Å²) in [5.74, 6) is 1.61. The van der Waals surface area contributed by atoms with E-state index >= 15 is 0 Å². The van der Waals surface area contributed by atoms with E-state index in [1.807, 2.05) is 23.1 Å². The average molecular weight is 437 g/mol. The van der Waals surface area contributed by atoms with Crippen LogP contribution in [-0.4, -0.2) is 54.8 Å². The third-order valence-corrected chi connectivity index (χ3v) is 7.28. The van der Waals surface area contributed by atoms with Crippen molar-refractivity contribution in [2.75, 3.05) is 18.8 Å². The van der Waals surface area contributed by atoms with Crippen LogP contribution in [0.3, 0.4) is 0 Å². The second-order valence-electron chi connectivity index (χ2n) is 7.17. The Bertz CT molecular complexity index is 1120. The van der Waals surface area contributed by atoms with Gasteiger partial charge in [-0.2, -0.15) is 0 Å². The maximum Gasteiger partial charge on any atom is 0.233 e. The molecule has 5 rings (SSSR count).